The fourth-order valence-corrected chi connectivity index (χ4v) is 2.18. The zero-order chi connectivity index (χ0) is 12.8. The lowest BCUT2D eigenvalue weighted by atomic mass is 9.92. The number of aryl methyl sites for hydroxylation is 2. The smallest absolute Gasteiger partial charge is 0.234 e. The molecule has 17 heavy (non-hydrogen) atoms. The van der Waals surface area contributed by atoms with Crippen molar-refractivity contribution in [2.75, 3.05) is 23.8 Å². The van der Waals surface area contributed by atoms with E-state index >= 15 is 0 Å². The molecule has 0 unspecified atom stereocenters. The molecule has 0 radical (unpaired) electrons. The van der Waals surface area contributed by atoms with Gasteiger partial charge in [0, 0.05) is 13.6 Å². The van der Waals surface area contributed by atoms with Gasteiger partial charge in [0.2, 0.25) is 5.91 Å². The molecule has 1 N–H and O–H groups in total. The highest BCUT2D eigenvalue weighted by Crippen LogP contribution is 2.35. The van der Waals surface area contributed by atoms with E-state index in [-0.39, 0.29) is 11.3 Å². The first-order valence-corrected chi connectivity index (χ1v) is 5.96. The van der Waals surface area contributed by atoms with Gasteiger partial charge in [0.05, 0.1) is 16.8 Å². The van der Waals surface area contributed by atoms with Gasteiger partial charge in [0.1, 0.15) is 0 Å². The lowest BCUT2D eigenvalue weighted by molar-refractivity contribution is -0.125. The summed E-state index contributed by atoms with van der Waals surface area (Å²) in [6.45, 7) is 8.79. The van der Waals surface area contributed by atoms with E-state index in [0.717, 1.165) is 11.4 Å². The van der Waals surface area contributed by atoms with Crippen molar-refractivity contribution in [2.45, 2.75) is 27.7 Å². The Balaban J connectivity index is 2.55. The van der Waals surface area contributed by atoms with Crippen molar-refractivity contribution in [1.82, 2.24) is 0 Å². The first-order chi connectivity index (χ1) is 7.83. The van der Waals surface area contributed by atoms with E-state index in [9.17, 15) is 4.79 Å². The van der Waals surface area contributed by atoms with E-state index < -0.39 is 0 Å². The number of nitrogens with one attached hydrogen (secondary N) is 1. The van der Waals surface area contributed by atoms with Crippen LogP contribution in [-0.2, 0) is 4.79 Å². The van der Waals surface area contributed by atoms with E-state index in [1.54, 1.807) is 4.90 Å². The first-order valence-electron chi connectivity index (χ1n) is 5.96. The van der Waals surface area contributed by atoms with Gasteiger partial charge >= 0.3 is 0 Å². The number of carbonyl (C=O) groups is 1. The molecule has 0 aliphatic carbocycles. The molecule has 92 valence electrons. The Labute approximate surface area is 103 Å². The van der Waals surface area contributed by atoms with Crippen LogP contribution < -0.4 is 10.2 Å². The van der Waals surface area contributed by atoms with Gasteiger partial charge in [0.25, 0.3) is 0 Å². The summed E-state index contributed by atoms with van der Waals surface area (Å²) in [5, 5.41) is 3.38. The van der Waals surface area contributed by atoms with Crippen LogP contribution in [0.5, 0.6) is 0 Å². The maximum absolute atomic E-state index is 12.3. The van der Waals surface area contributed by atoms with Crippen molar-refractivity contribution < 1.29 is 4.79 Å². The molecule has 1 heterocycles. The van der Waals surface area contributed by atoms with Gasteiger partial charge < -0.3 is 10.2 Å². The van der Waals surface area contributed by atoms with E-state index in [4.69, 9.17) is 0 Å². The average Bonchev–Trinajstić information content (AvgIpc) is 2.34. The van der Waals surface area contributed by atoms with Crippen molar-refractivity contribution >= 4 is 17.3 Å². The number of fused-ring (bicyclic) bond motifs is 1. The summed E-state index contributed by atoms with van der Waals surface area (Å²) in [5.41, 5.74) is 4.12. The Morgan fingerprint density at radius 3 is 2.47 bits per heavy atom. The van der Waals surface area contributed by atoms with Crippen molar-refractivity contribution in [3.8, 4) is 0 Å². The van der Waals surface area contributed by atoms with Gasteiger partial charge in [-0.3, -0.25) is 4.79 Å². The number of hydrogen-bond donors (Lipinski definition) is 1. The van der Waals surface area contributed by atoms with Crippen LogP contribution >= 0.6 is 0 Å². The van der Waals surface area contributed by atoms with Gasteiger partial charge in [-0.05, 0) is 51.0 Å². The fraction of sp³-hybridized carbons (Fsp3) is 0.500. The minimum absolute atomic E-state index is 0.159. The number of nitrogens with zero attached hydrogens (tertiary/aromatic N) is 1. The van der Waals surface area contributed by atoms with Crippen LogP contribution in [0.15, 0.2) is 12.1 Å². The second-order valence-corrected chi connectivity index (χ2v) is 5.56. The van der Waals surface area contributed by atoms with E-state index in [0.29, 0.717) is 6.54 Å². The van der Waals surface area contributed by atoms with Crippen LogP contribution in [0.2, 0.25) is 0 Å². The van der Waals surface area contributed by atoms with Crippen LogP contribution in [0.4, 0.5) is 11.4 Å². The zero-order valence-electron chi connectivity index (χ0n) is 11.2. The van der Waals surface area contributed by atoms with Crippen molar-refractivity contribution in [3.05, 3.63) is 23.3 Å². The molecule has 1 aliphatic heterocycles. The van der Waals surface area contributed by atoms with E-state index in [2.05, 4.69) is 31.3 Å². The molecule has 0 saturated carbocycles. The van der Waals surface area contributed by atoms with Gasteiger partial charge in [-0.1, -0.05) is 0 Å². The maximum Gasteiger partial charge on any atom is 0.234 e. The van der Waals surface area contributed by atoms with Crippen LogP contribution in [0, 0.1) is 19.3 Å². The Morgan fingerprint density at radius 2 is 1.82 bits per heavy atom. The van der Waals surface area contributed by atoms with Crippen molar-refractivity contribution in [2.24, 2.45) is 5.41 Å². The quantitative estimate of drug-likeness (QED) is 0.746. The molecule has 0 spiro atoms. The number of hydrogen-bond acceptors (Lipinski definition) is 2. The summed E-state index contributed by atoms with van der Waals surface area (Å²) in [6.07, 6.45) is 0. The molecule has 1 aromatic rings. The summed E-state index contributed by atoms with van der Waals surface area (Å²) >= 11 is 0. The largest absolute Gasteiger partial charge is 0.382 e. The number of carbonyl (C=O) groups excluding carboxylic acids is 1. The fourth-order valence-electron chi connectivity index (χ4n) is 2.18. The molecular formula is C14H20N2O. The van der Waals surface area contributed by atoms with Crippen molar-refractivity contribution in [1.29, 1.82) is 0 Å². The second-order valence-electron chi connectivity index (χ2n) is 5.56. The standard InChI is InChI=1S/C14H20N2O/c1-9-6-11-12(7-10(9)2)16(5)13(17)14(3,4)8-15-11/h6-7,15H,8H2,1-5H3. The summed E-state index contributed by atoms with van der Waals surface area (Å²) in [7, 11) is 1.85. The normalized spacial score (nSPS) is 18.4. The third kappa shape index (κ3) is 1.90. The SMILES string of the molecule is Cc1cc2c(cc1C)N(C)C(=O)C(C)(C)CN2. The number of amides is 1. The maximum atomic E-state index is 12.3. The molecule has 3 heteroatoms. The lowest BCUT2D eigenvalue weighted by Gasteiger charge is -2.25. The monoisotopic (exact) mass is 232 g/mol. The zero-order valence-corrected chi connectivity index (χ0v) is 11.2. The Bertz CT molecular complexity index is 477. The molecule has 2 rings (SSSR count). The summed E-state index contributed by atoms with van der Waals surface area (Å²) < 4.78 is 0. The Hall–Kier alpha value is -1.51. The topological polar surface area (TPSA) is 32.3 Å². The van der Waals surface area contributed by atoms with Crippen molar-refractivity contribution in [3.63, 3.8) is 0 Å². The molecule has 0 aromatic heterocycles. The van der Waals surface area contributed by atoms with Crippen LogP contribution in [0.1, 0.15) is 25.0 Å². The highest BCUT2D eigenvalue weighted by molar-refractivity contribution is 6.01. The number of anilines is 2. The summed E-state index contributed by atoms with van der Waals surface area (Å²) in [6, 6.07) is 4.20. The molecule has 0 fully saturated rings. The molecule has 1 amide bonds. The molecule has 0 atom stereocenters. The minimum Gasteiger partial charge on any atom is -0.382 e. The molecule has 0 saturated heterocycles. The van der Waals surface area contributed by atoms with Crippen LogP contribution in [-0.4, -0.2) is 19.5 Å². The Kier molecular flexibility index (Phi) is 2.64. The summed E-state index contributed by atoms with van der Waals surface area (Å²) in [4.78, 5) is 14.1. The lowest BCUT2D eigenvalue weighted by Crippen LogP contribution is -2.40. The molecule has 3 nitrogen and oxygen atoms in total. The number of rotatable bonds is 0. The second kappa shape index (κ2) is 3.76. The average molecular weight is 232 g/mol. The molecule has 0 bridgehead atoms. The van der Waals surface area contributed by atoms with E-state index in [1.807, 2.05) is 20.9 Å². The highest BCUT2D eigenvalue weighted by atomic mass is 16.2. The van der Waals surface area contributed by atoms with E-state index in [1.165, 1.54) is 11.1 Å². The highest BCUT2D eigenvalue weighted by Gasteiger charge is 2.34. The van der Waals surface area contributed by atoms with Gasteiger partial charge in [-0.25, -0.2) is 0 Å². The minimum atomic E-state index is -0.365. The predicted molar refractivity (Wildman–Crippen MR) is 71.6 cm³/mol. The summed E-state index contributed by atoms with van der Waals surface area (Å²) in [5.74, 6) is 0.159. The van der Waals surface area contributed by atoms with Gasteiger partial charge in [0.15, 0.2) is 0 Å². The molecular weight excluding hydrogens is 212 g/mol. The van der Waals surface area contributed by atoms with Gasteiger partial charge in [-0.15, -0.1) is 0 Å². The molecule has 1 aliphatic rings. The van der Waals surface area contributed by atoms with Gasteiger partial charge in [-0.2, -0.15) is 0 Å². The third-order valence-corrected chi connectivity index (χ3v) is 3.58. The molecule has 1 aromatic carbocycles. The third-order valence-electron chi connectivity index (χ3n) is 3.58. The first kappa shape index (κ1) is 12.0. The van der Waals surface area contributed by atoms with Crippen LogP contribution in [0.25, 0.3) is 0 Å². The number of benzene rings is 1. The Morgan fingerprint density at radius 1 is 1.24 bits per heavy atom. The van der Waals surface area contributed by atoms with Crippen LogP contribution in [0.3, 0.4) is 0 Å². The predicted octanol–water partition coefficient (Wildman–Crippen LogP) is 2.72.